The Morgan fingerprint density at radius 2 is 1.65 bits per heavy atom. The zero-order valence-corrected chi connectivity index (χ0v) is 15.4. The number of fused-ring (bicyclic) bond motifs is 1. The van der Waals surface area contributed by atoms with Gasteiger partial charge in [0.2, 0.25) is 0 Å². The van der Waals surface area contributed by atoms with Crippen LogP contribution in [0.5, 0.6) is 0 Å². The summed E-state index contributed by atoms with van der Waals surface area (Å²) >= 11 is 0. The summed E-state index contributed by atoms with van der Waals surface area (Å²) in [5, 5.41) is 4.76. The molecule has 0 atom stereocenters. The Labute approximate surface area is 155 Å². The summed E-state index contributed by atoms with van der Waals surface area (Å²) in [6.07, 6.45) is 9.32. The van der Waals surface area contributed by atoms with Crippen LogP contribution in [0.1, 0.15) is 42.4 Å². The summed E-state index contributed by atoms with van der Waals surface area (Å²) in [6, 6.07) is 13.3. The molecule has 1 aromatic carbocycles. The number of aromatic amines is 1. The molecule has 1 aliphatic heterocycles. The summed E-state index contributed by atoms with van der Waals surface area (Å²) in [5.41, 5.74) is 5.01. The van der Waals surface area contributed by atoms with Crippen molar-refractivity contribution in [2.45, 2.75) is 45.3 Å². The number of aromatic nitrogens is 2. The van der Waals surface area contributed by atoms with Crippen LogP contribution >= 0.6 is 0 Å². The predicted molar refractivity (Wildman–Crippen MR) is 107 cm³/mol. The fraction of sp³-hybridized carbons (Fsp3) is 0.409. The molecule has 3 aromatic rings. The highest BCUT2D eigenvalue weighted by Crippen LogP contribution is 2.16. The Morgan fingerprint density at radius 1 is 0.885 bits per heavy atom. The number of H-pyrrole nitrogens is 1. The summed E-state index contributed by atoms with van der Waals surface area (Å²) in [4.78, 5) is 10.1. The van der Waals surface area contributed by atoms with Gasteiger partial charge in [0.1, 0.15) is 5.65 Å². The van der Waals surface area contributed by atoms with Crippen molar-refractivity contribution in [1.82, 2.24) is 20.2 Å². The normalized spacial score (nSPS) is 16.0. The molecule has 0 bridgehead atoms. The Kier molecular flexibility index (Phi) is 5.62. The predicted octanol–water partition coefficient (Wildman–Crippen LogP) is 4.23. The van der Waals surface area contributed by atoms with Gasteiger partial charge in [-0.3, -0.25) is 4.90 Å². The molecule has 3 heterocycles. The first kappa shape index (κ1) is 17.3. The topological polar surface area (TPSA) is 44.0 Å². The van der Waals surface area contributed by atoms with Crippen molar-refractivity contribution in [3.63, 3.8) is 0 Å². The lowest BCUT2D eigenvalue weighted by Crippen LogP contribution is -2.23. The van der Waals surface area contributed by atoms with Crippen LogP contribution in [0.4, 0.5) is 0 Å². The highest BCUT2D eigenvalue weighted by atomic mass is 15.1. The van der Waals surface area contributed by atoms with Crippen LogP contribution in [0, 0.1) is 0 Å². The van der Waals surface area contributed by atoms with Gasteiger partial charge < -0.3 is 10.3 Å². The second kappa shape index (κ2) is 8.47. The van der Waals surface area contributed by atoms with E-state index in [0.717, 1.165) is 25.3 Å². The molecule has 0 saturated carbocycles. The van der Waals surface area contributed by atoms with E-state index in [0.29, 0.717) is 0 Å². The van der Waals surface area contributed by atoms with Gasteiger partial charge in [-0.15, -0.1) is 0 Å². The number of nitrogens with zero attached hydrogens (tertiary/aromatic N) is 2. The van der Waals surface area contributed by atoms with Crippen molar-refractivity contribution in [2.24, 2.45) is 0 Å². The number of hydrogen-bond acceptors (Lipinski definition) is 3. The van der Waals surface area contributed by atoms with Crippen LogP contribution in [-0.4, -0.2) is 28.0 Å². The molecule has 4 nitrogen and oxygen atoms in total. The summed E-state index contributed by atoms with van der Waals surface area (Å²) < 4.78 is 0. The first-order valence-corrected chi connectivity index (χ1v) is 9.80. The van der Waals surface area contributed by atoms with Gasteiger partial charge in [0.15, 0.2) is 0 Å². The molecule has 4 heteroatoms. The molecule has 4 rings (SSSR count). The van der Waals surface area contributed by atoms with E-state index in [9.17, 15) is 0 Å². The Bertz CT molecular complexity index is 814. The molecule has 1 aliphatic rings. The molecule has 2 N–H and O–H groups in total. The standard InChI is InChI=1S/C22H28N4/c1-2-4-14-26(13-3-1)17-19-7-5-18(6-8-19)15-23-16-20-9-11-24-22-21(20)10-12-25-22/h5-12,23H,1-4,13-17H2,(H,24,25). The van der Waals surface area contributed by atoms with Crippen molar-refractivity contribution in [3.05, 3.63) is 65.5 Å². The van der Waals surface area contributed by atoms with E-state index in [1.165, 1.54) is 60.8 Å². The third kappa shape index (κ3) is 4.32. The van der Waals surface area contributed by atoms with Crippen molar-refractivity contribution >= 4 is 11.0 Å². The van der Waals surface area contributed by atoms with Crippen molar-refractivity contribution in [3.8, 4) is 0 Å². The summed E-state index contributed by atoms with van der Waals surface area (Å²) in [5.74, 6) is 0. The van der Waals surface area contributed by atoms with Crippen LogP contribution in [0.2, 0.25) is 0 Å². The molecule has 0 amide bonds. The van der Waals surface area contributed by atoms with E-state index >= 15 is 0 Å². The monoisotopic (exact) mass is 348 g/mol. The SMILES string of the molecule is c1cc(CNCc2ccc(CN3CCCCCC3)cc2)c2cc[nH]c2n1. The highest BCUT2D eigenvalue weighted by Gasteiger charge is 2.09. The van der Waals surface area contributed by atoms with Crippen LogP contribution < -0.4 is 5.32 Å². The smallest absolute Gasteiger partial charge is 0.137 e. The van der Waals surface area contributed by atoms with Gasteiger partial charge in [-0.1, -0.05) is 37.1 Å². The lowest BCUT2D eigenvalue weighted by atomic mass is 10.1. The van der Waals surface area contributed by atoms with Crippen LogP contribution in [0.25, 0.3) is 11.0 Å². The average Bonchev–Trinajstić information content (AvgIpc) is 3.01. The fourth-order valence-corrected chi connectivity index (χ4v) is 3.83. The number of rotatable bonds is 6. The summed E-state index contributed by atoms with van der Waals surface area (Å²) in [6.45, 7) is 5.34. The number of nitrogens with one attached hydrogen (secondary N) is 2. The first-order valence-electron chi connectivity index (χ1n) is 9.80. The molecule has 0 unspecified atom stereocenters. The van der Waals surface area contributed by atoms with Gasteiger partial charge in [-0.2, -0.15) is 0 Å². The third-order valence-electron chi connectivity index (χ3n) is 5.32. The molecular weight excluding hydrogens is 320 g/mol. The van der Waals surface area contributed by atoms with Crippen LogP contribution in [-0.2, 0) is 19.6 Å². The minimum absolute atomic E-state index is 0.854. The quantitative estimate of drug-likeness (QED) is 0.701. The second-order valence-electron chi connectivity index (χ2n) is 7.32. The number of likely N-dealkylation sites (tertiary alicyclic amines) is 1. The summed E-state index contributed by atoms with van der Waals surface area (Å²) in [7, 11) is 0. The van der Waals surface area contributed by atoms with Crippen molar-refractivity contribution in [2.75, 3.05) is 13.1 Å². The van der Waals surface area contributed by atoms with E-state index < -0.39 is 0 Å². The van der Waals surface area contributed by atoms with Crippen LogP contribution in [0.3, 0.4) is 0 Å². The van der Waals surface area contributed by atoms with E-state index in [2.05, 4.69) is 56.6 Å². The molecule has 0 aliphatic carbocycles. The van der Waals surface area contributed by atoms with Gasteiger partial charge in [-0.05, 0) is 54.8 Å². The average molecular weight is 348 g/mol. The second-order valence-corrected chi connectivity index (χ2v) is 7.32. The third-order valence-corrected chi connectivity index (χ3v) is 5.32. The maximum atomic E-state index is 4.34. The molecule has 0 radical (unpaired) electrons. The van der Waals surface area contributed by atoms with Crippen molar-refractivity contribution in [1.29, 1.82) is 0 Å². The molecule has 26 heavy (non-hydrogen) atoms. The zero-order chi connectivity index (χ0) is 17.6. The molecule has 136 valence electrons. The van der Waals surface area contributed by atoms with Crippen molar-refractivity contribution < 1.29 is 0 Å². The van der Waals surface area contributed by atoms with E-state index in [1.807, 2.05) is 12.4 Å². The van der Waals surface area contributed by atoms with Gasteiger partial charge in [0.25, 0.3) is 0 Å². The molecule has 2 aromatic heterocycles. The first-order chi connectivity index (χ1) is 12.9. The van der Waals surface area contributed by atoms with E-state index in [-0.39, 0.29) is 0 Å². The maximum absolute atomic E-state index is 4.34. The number of benzene rings is 1. The largest absolute Gasteiger partial charge is 0.346 e. The van der Waals surface area contributed by atoms with E-state index in [4.69, 9.17) is 0 Å². The maximum Gasteiger partial charge on any atom is 0.137 e. The minimum Gasteiger partial charge on any atom is -0.346 e. The Hall–Kier alpha value is -2.17. The fourth-order valence-electron chi connectivity index (χ4n) is 3.83. The number of pyridine rings is 1. The lowest BCUT2D eigenvalue weighted by Gasteiger charge is -2.19. The number of hydrogen-bond donors (Lipinski definition) is 2. The molecule has 0 spiro atoms. The van der Waals surface area contributed by atoms with E-state index in [1.54, 1.807) is 0 Å². The molecular formula is C22H28N4. The van der Waals surface area contributed by atoms with Gasteiger partial charge in [-0.25, -0.2) is 4.98 Å². The highest BCUT2D eigenvalue weighted by molar-refractivity contribution is 5.79. The minimum atomic E-state index is 0.854. The van der Waals surface area contributed by atoms with Gasteiger partial charge >= 0.3 is 0 Å². The molecule has 1 fully saturated rings. The van der Waals surface area contributed by atoms with Gasteiger partial charge in [0.05, 0.1) is 0 Å². The Morgan fingerprint density at radius 3 is 2.46 bits per heavy atom. The zero-order valence-electron chi connectivity index (χ0n) is 15.4. The van der Waals surface area contributed by atoms with Gasteiger partial charge in [0, 0.05) is 37.4 Å². The van der Waals surface area contributed by atoms with Crippen LogP contribution in [0.15, 0.2) is 48.8 Å². The Balaban J connectivity index is 1.29. The lowest BCUT2D eigenvalue weighted by molar-refractivity contribution is 0.277. The molecule has 1 saturated heterocycles.